The quantitative estimate of drug-likeness (QED) is 0.718. The maximum atomic E-state index is 12.0. The number of rotatable bonds is 8. The van der Waals surface area contributed by atoms with Gasteiger partial charge in [0, 0.05) is 6.42 Å². The average molecular weight is 289 g/mol. The molecule has 0 saturated carbocycles. The van der Waals surface area contributed by atoms with Crippen molar-refractivity contribution in [2.75, 3.05) is 0 Å². The Bertz CT molecular complexity index is 456. The zero-order valence-electron chi connectivity index (χ0n) is 13.3. The molecular formula is C18H27NO2. The first-order valence-corrected chi connectivity index (χ1v) is 7.55. The SMILES string of the molecule is C=C(C)CC(O)C[C@@H](C)CC(=O)N[C@@H](C)c1ccccc1. The molecule has 0 aliphatic rings. The summed E-state index contributed by atoms with van der Waals surface area (Å²) in [4.78, 5) is 12.0. The van der Waals surface area contributed by atoms with Gasteiger partial charge in [0.15, 0.2) is 0 Å². The summed E-state index contributed by atoms with van der Waals surface area (Å²) in [7, 11) is 0. The number of carbonyl (C=O) groups excluding carboxylic acids is 1. The molecule has 0 saturated heterocycles. The van der Waals surface area contributed by atoms with Crippen molar-refractivity contribution in [3.63, 3.8) is 0 Å². The second-order valence-corrected chi connectivity index (χ2v) is 6.06. The molecule has 0 aliphatic carbocycles. The molecular weight excluding hydrogens is 262 g/mol. The number of benzene rings is 1. The predicted molar refractivity (Wildman–Crippen MR) is 86.8 cm³/mol. The van der Waals surface area contributed by atoms with Crippen LogP contribution >= 0.6 is 0 Å². The van der Waals surface area contributed by atoms with Crippen molar-refractivity contribution < 1.29 is 9.90 Å². The van der Waals surface area contributed by atoms with Gasteiger partial charge < -0.3 is 10.4 Å². The highest BCUT2D eigenvalue weighted by Crippen LogP contribution is 2.17. The summed E-state index contributed by atoms with van der Waals surface area (Å²) in [6, 6.07) is 9.91. The highest BCUT2D eigenvalue weighted by atomic mass is 16.3. The predicted octanol–water partition coefficient (Wildman–Crippen LogP) is 3.61. The summed E-state index contributed by atoms with van der Waals surface area (Å²) in [5, 5.41) is 12.9. The number of hydrogen-bond acceptors (Lipinski definition) is 2. The third kappa shape index (κ3) is 7.09. The Morgan fingerprint density at radius 3 is 2.43 bits per heavy atom. The average Bonchev–Trinajstić information content (AvgIpc) is 2.37. The van der Waals surface area contributed by atoms with Crippen molar-refractivity contribution in [1.82, 2.24) is 5.32 Å². The van der Waals surface area contributed by atoms with Crippen LogP contribution in [0.3, 0.4) is 0 Å². The van der Waals surface area contributed by atoms with E-state index < -0.39 is 6.10 Å². The molecule has 3 atom stereocenters. The van der Waals surface area contributed by atoms with Crippen molar-refractivity contribution in [2.45, 2.75) is 52.2 Å². The molecule has 0 aromatic heterocycles. The Morgan fingerprint density at radius 2 is 1.86 bits per heavy atom. The van der Waals surface area contributed by atoms with Crippen LogP contribution in [0.5, 0.6) is 0 Å². The van der Waals surface area contributed by atoms with Gasteiger partial charge in [0.2, 0.25) is 5.91 Å². The Balaban J connectivity index is 2.37. The molecule has 21 heavy (non-hydrogen) atoms. The van der Waals surface area contributed by atoms with Gasteiger partial charge in [0.05, 0.1) is 12.1 Å². The molecule has 0 aliphatic heterocycles. The molecule has 0 heterocycles. The number of aliphatic hydroxyl groups is 1. The molecule has 1 rings (SSSR count). The molecule has 116 valence electrons. The van der Waals surface area contributed by atoms with E-state index in [0.29, 0.717) is 19.3 Å². The number of nitrogens with one attached hydrogen (secondary N) is 1. The van der Waals surface area contributed by atoms with Gasteiger partial charge in [-0.25, -0.2) is 0 Å². The van der Waals surface area contributed by atoms with E-state index in [1.807, 2.05) is 51.1 Å². The standard InChI is InChI=1S/C18H27NO2/c1-13(2)10-17(20)11-14(3)12-18(21)19-15(4)16-8-6-5-7-9-16/h5-9,14-15,17,20H,1,10-12H2,2-4H3,(H,19,21)/t14-,15+,17?/m1/s1. The summed E-state index contributed by atoms with van der Waals surface area (Å²) >= 11 is 0. The molecule has 0 radical (unpaired) electrons. The maximum absolute atomic E-state index is 12.0. The van der Waals surface area contributed by atoms with Crippen LogP contribution in [0.2, 0.25) is 0 Å². The fourth-order valence-corrected chi connectivity index (χ4v) is 2.48. The van der Waals surface area contributed by atoms with Gasteiger partial charge in [0.25, 0.3) is 0 Å². The lowest BCUT2D eigenvalue weighted by Crippen LogP contribution is -2.28. The number of aliphatic hydroxyl groups excluding tert-OH is 1. The van der Waals surface area contributed by atoms with Crippen LogP contribution in [-0.4, -0.2) is 17.1 Å². The lowest BCUT2D eigenvalue weighted by molar-refractivity contribution is -0.122. The summed E-state index contributed by atoms with van der Waals surface area (Å²) in [6.45, 7) is 9.68. The van der Waals surface area contributed by atoms with E-state index in [2.05, 4.69) is 11.9 Å². The van der Waals surface area contributed by atoms with Crippen LogP contribution in [0.15, 0.2) is 42.5 Å². The molecule has 1 amide bonds. The van der Waals surface area contributed by atoms with Crippen LogP contribution in [0, 0.1) is 5.92 Å². The lowest BCUT2D eigenvalue weighted by atomic mass is 9.96. The van der Waals surface area contributed by atoms with Crippen molar-refractivity contribution >= 4 is 5.91 Å². The van der Waals surface area contributed by atoms with Gasteiger partial charge in [-0.3, -0.25) is 4.79 Å². The topological polar surface area (TPSA) is 49.3 Å². The largest absolute Gasteiger partial charge is 0.393 e. The van der Waals surface area contributed by atoms with Gasteiger partial charge in [0.1, 0.15) is 0 Å². The fourth-order valence-electron chi connectivity index (χ4n) is 2.48. The molecule has 1 aromatic carbocycles. The Kier molecular flexibility index (Phi) is 7.17. The van der Waals surface area contributed by atoms with E-state index in [-0.39, 0.29) is 17.9 Å². The fraction of sp³-hybridized carbons (Fsp3) is 0.500. The summed E-state index contributed by atoms with van der Waals surface area (Å²) in [5.74, 6) is 0.184. The van der Waals surface area contributed by atoms with E-state index >= 15 is 0 Å². The third-order valence-electron chi connectivity index (χ3n) is 3.47. The van der Waals surface area contributed by atoms with Gasteiger partial charge in [-0.15, -0.1) is 6.58 Å². The number of hydrogen-bond donors (Lipinski definition) is 2. The minimum Gasteiger partial charge on any atom is -0.393 e. The van der Waals surface area contributed by atoms with Crippen molar-refractivity contribution in [3.8, 4) is 0 Å². The normalized spacial score (nSPS) is 15.0. The number of carbonyl (C=O) groups is 1. The summed E-state index contributed by atoms with van der Waals surface area (Å²) in [5.41, 5.74) is 2.07. The Morgan fingerprint density at radius 1 is 1.24 bits per heavy atom. The first-order valence-electron chi connectivity index (χ1n) is 7.55. The van der Waals surface area contributed by atoms with Gasteiger partial charge >= 0.3 is 0 Å². The van der Waals surface area contributed by atoms with Crippen LogP contribution < -0.4 is 5.32 Å². The zero-order chi connectivity index (χ0) is 15.8. The van der Waals surface area contributed by atoms with Crippen molar-refractivity contribution in [2.24, 2.45) is 5.92 Å². The van der Waals surface area contributed by atoms with E-state index in [0.717, 1.165) is 11.1 Å². The minimum absolute atomic E-state index is 0.00578. The van der Waals surface area contributed by atoms with Crippen LogP contribution in [0.25, 0.3) is 0 Å². The molecule has 3 nitrogen and oxygen atoms in total. The lowest BCUT2D eigenvalue weighted by Gasteiger charge is -2.18. The molecule has 1 aromatic rings. The minimum atomic E-state index is -0.406. The van der Waals surface area contributed by atoms with Gasteiger partial charge in [-0.05, 0) is 38.2 Å². The Labute approximate surface area is 128 Å². The highest BCUT2D eigenvalue weighted by molar-refractivity contribution is 5.76. The Hall–Kier alpha value is -1.61. The molecule has 1 unspecified atom stereocenters. The smallest absolute Gasteiger partial charge is 0.220 e. The van der Waals surface area contributed by atoms with Gasteiger partial charge in [-0.2, -0.15) is 0 Å². The maximum Gasteiger partial charge on any atom is 0.220 e. The van der Waals surface area contributed by atoms with E-state index in [1.165, 1.54) is 0 Å². The molecule has 0 bridgehead atoms. The molecule has 2 N–H and O–H groups in total. The second kappa shape index (κ2) is 8.63. The van der Waals surface area contributed by atoms with Crippen LogP contribution in [0.4, 0.5) is 0 Å². The van der Waals surface area contributed by atoms with E-state index in [4.69, 9.17) is 0 Å². The van der Waals surface area contributed by atoms with E-state index in [9.17, 15) is 9.90 Å². The molecule has 0 fully saturated rings. The third-order valence-corrected chi connectivity index (χ3v) is 3.47. The summed E-state index contributed by atoms with van der Waals surface area (Å²) in [6.07, 6.45) is 1.26. The first kappa shape index (κ1) is 17.4. The van der Waals surface area contributed by atoms with Crippen LogP contribution in [-0.2, 0) is 4.79 Å². The molecule has 3 heteroatoms. The second-order valence-electron chi connectivity index (χ2n) is 6.06. The van der Waals surface area contributed by atoms with Crippen LogP contribution in [0.1, 0.15) is 51.6 Å². The van der Waals surface area contributed by atoms with Gasteiger partial charge in [-0.1, -0.05) is 42.8 Å². The first-order chi connectivity index (χ1) is 9.88. The monoisotopic (exact) mass is 289 g/mol. The van der Waals surface area contributed by atoms with E-state index in [1.54, 1.807) is 0 Å². The zero-order valence-corrected chi connectivity index (χ0v) is 13.3. The number of amides is 1. The highest BCUT2D eigenvalue weighted by Gasteiger charge is 2.16. The van der Waals surface area contributed by atoms with Crippen molar-refractivity contribution in [3.05, 3.63) is 48.0 Å². The molecule has 0 spiro atoms. The summed E-state index contributed by atoms with van der Waals surface area (Å²) < 4.78 is 0. The van der Waals surface area contributed by atoms with Crippen molar-refractivity contribution in [1.29, 1.82) is 0 Å².